The van der Waals surface area contributed by atoms with Gasteiger partial charge in [-0.05, 0) is 25.1 Å². The molecule has 4 aromatic rings. The molecule has 6 heteroatoms. The fraction of sp³-hybridized carbons (Fsp3) is 0.250. The molecule has 0 amide bonds. The smallest absolute Gasteiger partial charge is 0.262 e. The molecule has 0 saturated heterocycles. The molecule has 2 heterocycles. The van der Waals surface area contributed by atoms with E-state index in [1.54, 1.807) is 6.33 Å². The van der Waals surface area contributed by atoms with E-state index in [-0.39, 0.29) is 12.1 Å². The Morgan fingerprint density at radius 3 is 2.60 bits per heavy atom. The van der Waals surface area contributed by atoms with Crippen LogP contribution >= 0.6 is 11.3 Å². The average molecular weight is 420 g/mol. The highest BCUT2D eigenvalue weighted by atomic mass is 32.1. The van der Waals surface area contributed by atoms with Crippen LogP contribution in [-0.4, -0.2) is 39.3 Å². The first kappa shape index (κ1) is 20.5. The summed E-state index contributed by atoms with van der Waals surface area (Å²) in [4.78, 5) is 20.4. The lowest BCUT2D eigenvalue weighted by atomic mass is 10.1. The third kappa shape index (κ3) is 4.51. The van der Waals surface area contributed by atoms with E-state index in [4.69, 9.17) is 0 Å². The summed E-state index contributed by atoms with van der Waals surface area (Å²) in [5, 5.41) is 13.2. The van der Waals surface area contributed by atoms with Gasteiger partial charge in [-0.1, -0.05) is 60.2 Å². The van der Waals surface area contributed by atoms with Gasteiger partial charge in [-0.3, -0.25) is 14.3 Å². The predicted molar refractivity (Wildman–Crippen MR) is 123 cm³/mol. The zero-order chi connectivity index (χ0) is 21.1. The molecule has 5 nitrogen and oxygen atoms in total. The summed E-state index contributed by atoms with van der Waals surface area (Å²) in [6.07, 6.45) is 0.873. The quantitative estimate of drug-likeness (QED) is 0.493. The summed E-state index contributed by atoms with van der Waals surface area (Å²) in [5.41, 5.74) is 4.16. The van der Waals surface area contributed by atoms with Crippen molar-refractivity contribution in [2.75, 3.05) is 13.6 Å². The maximum absolute atomic E-state index is 13.2. The number of thiophene rings is 1. The summed E-state index contributed by atoms with van der Waals surface area (Å²) >= 11 is 1.47. The Bertz CT molecular complexity index is 1180. The number of aliphatic hydroxyl groups excluding tert-OH is 1. The number of rotatable bonds is 7. The first-order valence-corrected chi connectivity index (χ1v) is 10.8. The highest BCUT2D eigenvalue weighted by Gasteiger charge is 2.16. The first-order chi connectivity index (χ1) is 14.5. The number of hydrogen-bond donors (Lipinski definition) is 1. The van der Waals surface area contributed by atoms with Crippen LogP contribution in [0, 0.1) is 6.92 Å². The lowest BCUT2D eigenvalue weighted by molar-refractivity contribution is 0.106. The number of fused-ring (bicyclic) bond motifs is 1. The zero-order valence-electron chi connectivity index (χ0n) is 17.2. The Morgan fingerprint density at radius 1 is 1.13 bits per heavy atom. The van der Waals surface area contributed by atoms with E-state index in [0.29, 0.717) is 11.9 Å². The van der Waals surface area contributed by atoms with E-state index < -0.39 is 6.10 Å². The standard InChI is InChI=1S/C24H25N3O2S/c1-17-8-10-19(11-9-17)21-15-30-23-22(21)24(29)27(16-25-23)14-20(28)13-26(2)12-18-6-4-3-5-7-18/h3-11,15-16,20,28H,12-14H2,1-2H3. The van der Waals surface area contributed by atoms with Crippen LogP contribution in [0.25, 0.3) is 21.3 Å². The van der Waals surface area contributed by atoms with Crippen molar-refractivity contribution in [2.45, 2.75) is 26.1 Å². The molecule has 0 bridgehead atoms. The van der Waals surface area contributed by atoms with E-state index in [1.807, 2.05) is 61.8 Å². The van der Waals surface area contributed by atoms with Gasteiger partial charge in [-0.15, -0.1) is 11.3 Å². The van der Waals surface area contributed by atoms with Gasteiger partial charge in [0.1, 0.15) is 4.83 Å². The monoisotopic (exact) mass is 419 g/mol. The largest absolute Gasteiger partial charge is 0.390 e. The minimum atomic E-state index is -0.669. The molecule has 1 atom stereocenters. The van der Waals surface area contributed by atoms with Crippen LogP contribution < -0.4 is 5.56 Å². The summed E-state index contributed by atoms with van der Waals surface area (Å²) in [6, 6.07) is 18.3. The van der Waals surface area contributed by atoms with Gasteiger partial charge in [-0.2, -0.15) is 0 Å². The number of likely N-dealkylation sites (N-methyl/N-ethyl adjacent to an activating group) is 1. The topological polar surface area (TPSA) is 58.4 Å². The van der Waals surface area contributed by atoms with Crippen LogP contribution in [0.5, 0.6) is 0 Å². The van der Waals surface area contributed by atoms with Crippen LogP contribution in [0.2, 0.25) is 0 Å². The second kappa shape index (κ2) is 8.92. The lowest BCUT2D eigenvalue weighted by Gasteiger charge is -2.21. The van der Waals surface area contributed by atoms with Crippen LogP contribution in [0.3, 0.4) is 0 Å². The SMILES string of the molecule is Cc1ccc(-c2csc3ncn(CC(O)CN(C)Cc4ccccc4)c(=O)c23)cc1. The number of aryl methyl sites for hydroxylation is 1. The maximum atomic E-state index is 13.2. The van der Waals surface area contributed by atoms with Crippen molar-refractivity contribution in [2.24, 2.45) is 0 Å². The fourth-order valence-electron chi connectivity index (χ4n) is 3.65. The van der Waals surface area contributed by atoms with Crippen LogP contribution in [0.15, 0.2) is 71.1 Å². The molecular weight excluding hydrogens is 394 g/mol. The third-order valence-corrected chi connectivity index (χ3v) is 6.03. The van der Waals surface area contributed by atoms with Gasteiger partial charge in [-0.25, -0.2) is 4.98 Å². The Labute approximate surface area is 179 Å². The summed E-state index contributed by atoms with van der Waals surface area (Å²) in [6.45, 7) is 3.46. The first-order valence-electron chi connectivity index (χ1n) is 9.95. The van der Waals surface area contributed by atoms with Crippen molar-refractivity contribution in [3.8, 4) is 11.1 Å². The molecule has 30 heavy (non-hydrogen) atoms. The maximum Gasteiger partial charge on any atom is 0.262 e. The number of benzene rings is 2. The Hall–Kier alpha value is -2.80. The molecule has 0 aliphatic heterocycles. The molecule has 2 aromatic carbocycles. The molecular formula is C24H25N3O2S. The van der Waals surface area contributed by atoms with E-state index >= 15 is 0 Å². The van der Waals surface area contributed by atoms with Gasteiger partial charge >= 0.3 is 0 Å². The molecule has 1 N–H and O–H groups in total. The van der Waals surface area contributed by atoms with E-state index in [1.165, 1.54) is 27.0 Å². The Morgan fingerprint density at radius 2 is 1.87 bits per heavy atom. The minimum Gasteiger partial charge on any atom is -0.390 e. The molecule has 154 valence electrons. The molecule has 0 fully saturated rings. The number of aromatic nitrogens is 2. The van der Waals surface area contributed by atoms with Crippen molar-refractivity contribution in [1.29, 1.82) is 0 Å². The zero-order valence-corrected chi connectivity index (χ0v) is 18.0. The van der Waals surface area contributed by atoms with Crippen LogP contribution in [-0.2, 0) is 13.1 Å². The van der Waals surface area contributed by atoms with Gasteiger partial charge in [0.2, 0.25) is 0 Å². The molecule has 0 radical (unpaired) electrons. The molecule has 0 saturated carbocycles. The van der Waals surface area contributed by atoms with Crippen LogP contribution in [0.1, 0.15) is 11.1 Å². The van der Waals surface area contributed by atoms with Crippen molar-refractivity contribution in [3.05, 3.63) is 87.8 Å². The summed E-state index contributed by atoms with van der Waals surface area (Å²) in [5.74, 6) is 0. The average Bonchev–Trinajstić information content (AvgIpc) is 3.16. The lowest BCUT2D eigenvalue weighted by Crippen LogP contribution is -2.34. The van der Waals surface area contributed by atoms with Gasteiger partial charge in [0.05, 0.1) is 24.4 Å². The predicted octanol–water partition coefficient (Wildman–Crippen LogP) is 3.93. The van der Waals surface area contributed by atoms with Crippen molar-refractivity contribution in [1.82, 2.24) is 14.5 Å². The molecule has 0 spiro atoms. The van der Waals surface area contributed by atoms with Crippen LogP contribution in [0.4, 0.5) is 0 Å². The summed E-state index contributed by atoms with van der Waals surface area (Å²) in [7, 11) is 1.97. The molecule has 0 aliphatic carbocycles. The molecule has 2 aromatic heterocycles. The fourth-order valence-corrected chi connectivity index (χ4v) is 4.55. The summed E-state index contributed by atoms with van der Waals surface area (Å²) < 4.78 is 1.52. The van der Waals surface area contributed by atoms with Gasteiger partial charge in [0.25, 0.3) is 5.56 Å². The normalized spacial score (nSPS) is 12.5. The van der Waals surface area contributed by atoms with Gasteiger partial charge < -0.3 is 5.11 Å². The number of aliphatic hydroxyl groups is 1. The third-order valence-electron chi connectivity index (χ3n) is 5.15. The Balaban J connectivity index is 1.53. The highest BCUT2D eigenvalue weighted by Crippen LogP contribution is 2.30. The Kier molecular flexibility index (Phi) is 6.08. The number of hydrogen-bond acceptors (Lipinski definition) is 5. The number of nitrogens with zero attached hydrogens (tertiary/aromatic N) is 3. The second-order valence-corrected chi connectivity index (χ2v) is 8.59. The highest BCUT2D eigenvalue weighted by molar-refractivity contribution is 7.17. The second-order valence-electron chi connectivity index (χ2n) is 7.73. The van der Waals surface area contributed by atoms with Gasteiger partial charge in [0, 0.05) is 24.0 Å². The van der Waals surface area contributed by atoms with E-state index in [2.05, 4.69) is 22.0 Å². The van der Waals surface area contributed by atoms with Crippen molar-refractivity contribution < 1.29 is 5.11 Å². The molecule has 1 unspecified atom stereocenters. The minimum absolute atomic E-state index is 0.110. The van der Waals surface area contributed by atoms with Crippen molar-refractivity contribution in [3.63, 3.8) is 0 Å². The van der Waals surface area contributed by atoms with E-state index in [9.17, 15) is 9.90 Å². The van der Waals surface area contributed by atoms with E-state index in [0.717, 1.165) is 22.5 Å². The van der Waals surface area contributed by atoms with Crippen molar-refractivity contribution >= 4 is 21.6 Å². The van der Waals surface area contributed by atoms with Gasteiger partial charge in [0.15, 0.2) is 0 Å². The molecule has 4 rings (SSSR count). The molecule has 0 aliphatic rings.